The summed E-state index contributed by atoms with van der Waals surface area (Å²) in [6.07, 6.45) is 0. The fraction of sp³-hybridized carbons (Fsp3) is 0.167. The Bertz CT molecular complexity index is 488. The predicted molar refractivity (Wildman–Crippen MR) is 79.0 cm³/mol. The number of thiophene rings is 1. The van der Waals surface area contributed by atoms with Crippen molar-refractivity contribution in [3.8, 4) is 0 Å². The van der Waals surface area contributed by atoms with Crippen LogP contribution < -0.4 is 0 Å². The lowest BCUT2D eigenvalue weighted by molar-refractivity contribution is 1.18. The van der Waals surface area contributed by atoms with Gasteiger partial charge in [0, 0.05) is 9.35 Å². The highest BCUT2D eigenvalue weighted by Crippen LogP contribution is 2.41. The van der Waals surface area contributed by atoms with Crippen molar-refractivity contribution in [2.75, 3.05) is 0 Å². The maximum atomic E-state index is 6.05. The molecular formula is C12H9Br2ClS. The second-order valence-corrected chi connectivity index (χ2v) is 6.95. The van der Waals surface area contributed by atoms with Gasteiger partial charge in [0.15, 0.2) is 0 Å². The Hall–Kier alpha value is 0.170. The van der Waals surface area contributed by atoms with Crippen molar-refractivity contribution in [2.24, 2.45) is 0 Å². The standard InChI is InChI=1S/C12H9Br2ClS/c1-7-4-2-3-5-8(7)11(14)10-6-9(13)12(15)16-10/h2-6,11H,1H3. The van der Waals surface area contributed by atoms with E-state index in [1.54, 1.807) is 11.3 Å². The van der Waals surface area contributed by atoms with Gasteiger partial charge in [-0.2, -0.15) is 0 Å². The van der Waals surface area contributed by atoms with Crippen LogP contribution in [0.4, 0.5) is 0 Å². The van der Waals surface area contributed by atoms with Crippen LogP contribution in [0.15, 0.2) is 34.8 Å². The molecule has 0 nitrogen and oxygen atoms in total. The Labute approximate surface area is 121 Å². The molecule has 0 saturated heterocycles. The van der Waals surface area contributed by atoms with E-state index in [1.807, 2.05) is 0 Å². The van der Waals surface area contributed by atoms with Crippen molar-refractivity contribution in [3.05, 3.63) is 55.1 Å². The van der Waals surface area contributed by atoms with Gasteiger partial charge in [-0.3, -0.25) is 0 Å². The van der Waals surface area contributed by atoms with Crippen LogP contribution >= 0.6 is 54.8 Å². The van der Waals surface area contributed by atoms with E-state index < -0.39 is 0 Å². The summed E-state index contributed by atoms with van der Waals surface area (Å²) < 4.78 is 1.76. The monoisotopic (exact) mass is 378 g/mol. The van der Waals surface area contributed by atoms with Gasteiger partial charge in [0.05, 0.1) is 4.83 Å². The van der Waals surface area contributed by atoms with E-state index in [1.165, 1.54) is 16.0 Å². The maximum Gasteiger partial charge on any atom is 0.107 e. The van der Waals surface area contributed by atoms with Crippen LogP contribution in [0.25, 0.3) is 0 Å². The molecule has 0 spiro atoms. The molecule has 0 radical (unpaired) electrons. The number of hydrogen-bond donors (Lipinski definition) is 0. The second-order valence-electron chi connectivity index (χ2n) is 3.49. The summed E-state index contributed by atoms with van der Waals surface area (Å²) in [5, 5.41) is 0. The smallest absolute Gasteiger partial charge is 0.107 e. The van der Waals surface area contributed by atoms with Crippen molar-refractivity contribution in [1.82, 2.24) is 0 Å². The third-order valence-corrected chi connectivity index (χ3v) is 6.20. The fourth-order valence-corrected chi connectivity index (χ4v) is 4.17. The summed E-state index contributed by atoms with van der Waals surface area (Å²) >= 11 is 14.8. The third kappa shape index (κ3) is 2.53. The minimum atomic E-state index is 0.211. The van der Waals surface area contributed by atoms with Gasteiger partial charge >= 0.3 is 0 Å². The molecule has 0 N–H and O–H groups in total. The quantitative estimate of drug-likeness (QED) is 0.564. The van der Waals surface area contributed by atoms with Crippen molar-refractivity contribution in [1.29, 1.82) is 0 Å². The van der Waals surface area contributed by atoms with E-state index in [0.29, 0.717) is 0 Å². The first-order valence-electron chi connectivity index (χ1n) is 4.74. The molecule has 0 amide bonds. The van der Waals surface area contributed by atoms with E-state index in [-0.39, 0.29) is 4.83 Å². The Kier molecular flexibility index (Phi) is 4.11. The van der Waals surface area contributed by atoms with E-state index in [4.69, 9.17) is 11.6 Å². The first-order valence-corrected chi connectivity index (χ1v) is 7.64. The first kappa shape index (κ1) is 12.6. The summed E-state index contributed by atoms with van der Waals surface area (Å²) in [5.74, 6) is 0. The van der Waals surface area contributed by atoms with Crippen LogP contribution in [0, 0.1) is 6.92 Å². The Morgan fingerprint density at radius 1 is 1.31 bits per heavy atom. The van der Waals surface area contributed by atoms with Crippen molar-refractivity contribution in [2.45, 2.75) is 11.8 Å². The van der Waals surface area contributed by atoms with Crippen LogP contribution in [0.5, 0.6) is 0 Å². The van der Waals surface area contributed by atoms with Crippen LogP contribution in [0.3, 0.4) is 0 Å². The lowest BCUT2D eigenvalue weighted by Gasteiger charge is -2.10. The second kappa shape index (κ2) is 5.21. The maximum absolute atomic E-state index is 6.05. The average Bonchev–Trinajstić information content (AvgIpc) is 2.59. The Morgan fingerprint density at radius 2 is 2.00 bits per heavy atom. The molecule has 2 rings (SSSR count). The van der Waals surface area contributed by atoms with Crippen molar-refractivity contribution in [3.63, 3.8) is 0 Å². The molecule has 4 heteroatoms. The predicted octanol–water partition coefficient (Wildman–Crippen LogP) is 5.96. The van der Waals surface area contributed by atoms with E-state index in [9.17, 15) is 0 Å². The highest BCUT2D eigenvalue weighted by Gasteiger charge is 2.16. The molecule has 1 heterocycles. The largest absolute Gasteiger partial charge is 0.126 e. The van der Waals surface area contributed by atoms with Gasteiger partial charge < -0.3 is 0 Å². The van der Waals surface area contributed by atoms with E-state index >= 15 is 0 Å². The SMILES string of the molecule is Cc1ccccc1C(Br)c1cc(Br)c(Cl)s1. The zero-order chi connectivity index (χ0) is 11.7. The van der Waals surface area contributed by atoms with Gasteiger partial charge in [-0.15, -0.1) is 11.3 Å². The van der Waals surface area contributed by atoms with Gasteiger partial charge in [0.1, 0.15) is 4.34 Å². The molecule has 0 aliphatic heterocycles. The van der Waals surface area contributed by atoms with Crippen LogP contribution in [-0.2, 0) is 0 Å². The van der Waals surface area contributed by atoms with Gasteiger partial charge in [-0.25, -0.2) is 0 Å². The lowest BCUT2D eigenvalue weighted by Crippen LogP contribution is -1.92. The summed E-state index contributed by atoms with van der Waals surface area (Å²) in [6.45, 7) is 2.12. The number of benzene rings is 1. The van der Waals surface area contributed by atoms with E-state index in [0.717, 1.165) is 8.81 Å². The molecular weight excluding hydrogens is 371 g/mol. The van der Waals surface area contributed by atoms with Gasteiger partial charge in [-0.1, -0.05) is 51.8 Å². The number of rotatable bonds is 2. The van der Waals surface area contributed by atoms with Gasteiger partial charge in [0.25, 0.3) is 0 Å². The summed E-state index contributed by atoms with van der Waals surface area (Å²) in [7, 11) is 0. The van der Waals surface area contributed by atoms with Crippen LogP contribution in [0.2, 0.25) is 4.34 Å². The van der Waals surface area contributed by atoms with E-state index in [2.05, 4.69) is 69.1 Å². The number of alkyl halides is 1. The third-order valence-electron chi connectivity index (χ3n) is 2.38. The average molecular weight is 381 g/mol. The highest BCUT2D eigenvalue weighted by atomic mass is 79.9. The first-order chi connectivity index (χ1) is 7.59. The molecule has 84 valence electrons. The molecule has 16 heavy (non-hydrogen) atoms. The number of aryl methyl sites for hydroxylation is 1. The molecule has 0 bridgehead atoms. The number of hydrogen-bond acceptors (Lipinski definition) is 1. The molecule has 0 aliphatic rings. The zero-order valence-corrected chi connectivity index (χ0v) is 13.3. The Morgan fingerprint density at radius 3 is 2.56 bits per heavy atom. The van der Waals surface area contributed by atoms with Crippen LogP contribution in [0.1, 0.15) is 20.8 Å². The minimum Gasteiger partial charge on any atom is -0.126 e. The molecule has 1 atom stereocenters. The molecule has 0 aliphatic carbocycles. The number of halogens is 3. The van der Waals surface area contributed by atoms with Crippen molar-refractivity contribution < 1.29 is 0 Å². The van der Waals surface area contributed by atoms with Gasteiger partial charge in [-0.05, 0) is 40.0 Å². The Balaban J connectivity index is 2.39. The fourth-order valence-electron chi connectivity index (χ4n) is 1.51. The topological polar surface area (TPSA) is 0 Å². The van der Waals surface area contributed by atoms with Crippen LogP contribution in [-0.4, -0.2) is 0 Å². The summed E-state index contributed by atoms with van der Waals surface area (Å²) in [5.41, 5.74) is 2.57. The molecule has 1 aromatic carbocycles. The summed E-state index contributed by atoms with van der Waals surface area (Å²) in [6, 6.07) is 10.4. The normalized spacial score (nSPS) is 12.8. The van der Waals surface area contributed by atoms with Crippen molar-refractivity contribution >= 4 is 54.8 Å². The molecule has 2 aromatic rings. The molecule has 0 fully saturated rings. The molecule has 1 aromatic heterocycles. The van der Waals surface area contributed by atoms with Gasteiger partial charge in [0.2, 0.25) is 0 Å². The molecule has 1 unspecified atom stereocenters. The zero-order valence-electron chi connectivity index (χ0n) is 8.51. The lowest BCUT2D eigenvalue weighted by atomic mass is 10.1. The molecule has 0 saturated carbocycles. The minimum absolute atomic E-state index is 0.211. The summed E-state index contributed by atoms with van der Waals surface area (Å²) in [4.78, 5) is 1.42. The highest BCUT2D eigenvalue weighted by molar-refractivity contribution is 9.10.